The highest BCUT2D eigenvalue weighted by atomic mass is 35.5. The summed E-state index contributed by atoms with van der Waals surface area (Å²) in [5.41, 5.74) is 1.24. The Hall–Kier alpha value is -2.29. The Labute approximate surface area is 148 Å². The molecule has 0 amide bonds. The van der Waals surface area contributed by atoms with E-state index in [2.05, 4.69) is 4.72 Å². The van der Waals surface area contributed by atoms with Crippen LogP contribution in [0.2, 0.25) is 5.02 Å². The maximum Gasteiger partial charge on any atom is 0.419 e. The molecule has 7 nitrogen and oxygen atoms in total. The van der Waals surface area contributed by atoms with Crippen LogP contribution in [-0.4, -0.2) is 20.1 Å². The lowest BCUT2D eigenvalue weighted by Gasteiger charge is -2.11. The Bertz CT molecular complexity index is 1100. The van der Waals surface area contributed by atoms with Crippen LogP contribution in [0.5, 0.6) is 5.75 Å². The molecule has 0 bridgehead atoms. The smallest absolute Gasteiger partial charge is 0.419 e. The molecule has 1 aromatic heterocycles. The molecule has 3 rings (SSSR count). The Kier molecular flexibility index (Phi) is 4.59. The third-order valence-corrected chi connectivity index (χ3v) is 5.65. The average Bonchev–Trinajstić information content (AvgIpc) is 2.87. The van der Waals surface area contributed by atoms with Gasteiger partial charge in [0.1, 0.15) is 10.6 Å². The topological polar surface area (TPSA) is 90.5 Å². The van der Waals surface area contributed by atoms with Crippen molar-refractivity contribution in [2.24, 2.45) is 7.05 Å². The lowest BCUT2D eigenvalue weighted by atomic mass is 10.2. The van der Waals surface area contributed by atoms with Gasteiger partial charge in [0, 0.05) is 25.2 Å². The maximum absolute atomic E-state index is 12.6. The van der Waals surface area contributed by atoms with E-state index in [1.807, 2.05) is 0 Å². The lowest BCUT2D eigenvalue weighted by molar-refractivity contribution is 0.409. The van der Waals surface area contributed by atoms with Gasteiger partial charge in [-0.1, -0.05) is 29.8 Å². The van der Waals surface area contributed by atoms with Crippen molar-refractivity contribution < 1.29 is 17.6 Å². The molecule has 0 saturated carbocycles. The molecule has 2 aromatic carbocycles. The van der Waals surface area contributed by atoms with Crippen LogP contribution in [0.3, 0.4) is 0 Å². The molecule has 25 heavy (non-hydrogen) atoms. The number of ether oxygens (including phenoxy) is 1. The quantitative estimate of drug-likeness (QED) is 0.731. The van der Waals surface area contributed by atoms with E-state index >= 15 is 0 Å². The van der Waals surface area contributed by atoms with Gasteiger partial charge in [-0.25, -0.2) is 17.9 Å². The van der Waals surface area contributed by atoms with E-state index in [-0.39, 0.29) is 22.0 Å². The normalized spacial score (nSPS) is 11.8. The highest BCUT2D eigenvalue weighted by Crippen LogP contribution is 2.27. The fourth-order valence-electron chi connectivity index (χ4n) is 2.43. The number of oxazole rings is 1. The molecule has 0 aliphatic heterocycles. The van der Waals surface area contributed by atoms with E-state index in [1.165, 1.54) is 30.9 Å². The van der Waals surface area contributed by atoms with Gasteiger partial charge < -0.3 is 9.15 Å². The molecule has 3 aromatic rings. The van der Waals surface area contributed by atoms with Gasteiger partial charge >= 0.3 is 5.76 Å². The largest absolute Gasteiger partial charge is 0.496 e. The summed E-state index contributed by atoms with van der Waals surface area (Å²) in [5, 5.41) is -0.00331. The average molecular weight is 383 g/mol. The highest BCUT2D eigenvalue weighted by molar-refractivity contribution is 7.89. The molecule has 0 unspecified atom stereocenters. The first-order chi connectivity index (χ1) is 11.8. The van der Waals surface area contributed by atoms with E-state index in [9.17, 15) is 13.2 Å². The first-order valence-corrected chi connectivity index (χ1v) is 9.10. The number of aryl methyl sites for hydroxylation is 1. The monoisotopic (exact) mass is 382 g/mol. The predicted octanol–water partition coefficient (Wildman–Crippen LogP) is 2.27. The summed E-state index contributed by atoms with van der Waals surface area (Å²) in [6, 6.07) is 9.69. The molecule has 0 spiro atoms. The Morgan fingerprint density at radius 3 is 2.72 bits per heavy atom. The Morgan fingerprint density at radius 1 is 1.28 bits per heavy atom. The van der Waals surface area contributed by atoms with Crippen molar-refractivity contribution in [3.05, 3.63) is 57.5 Å². The predicted molar refractivity (Wildman–Crippen MR) is 93.5 cm³/mol. The molecule has 0 aliphatic rings. The zero-order valence-electron chi connectivity index (χ0n) is 13.4. The van der Waals surface area contributed by atoms with E-state index < -0.39 is 15.8 Å². The number of hydrogen-bond acceptors (Lipinski definition) is 5. The second kappa shape index (κ2) is 6.55. The van der Waals surface area contributed by atoms with E-state index in [1.54, 1.807) is 24.3 Å². The van der Waals surface area contributed by atoms with Gasteiger partial charge in [-0.05, 0) is 12.1 Å². The molecule has 0 radical (unpaired) electrons. The molecule has 9 heteroatoms. The SMILES string of the molecule is COc1ccccc1CNS(=O)(=O)c1cc2oc(=O)n(C)c2cc1Cl. The van der Waals surface area contributed by atoms with Crippen LogP contribution >= 0.6 is 11.6 Å². The third-order valence-electron chi connectivity index (χ3n) is 3.78. The molecule has 0 fully saturated rings. The fraction of sp³-hybridized carbons (Fsp3) is 0.188. The molecular formula is C16H15ClN2O5S. The molecule has 0 aliphatic carbocycles. The third kappa shape index (κ3) is 3.28. The van der Waals surface area contributed by atoms with Gasteiger partial charge in [0.15, 0.2) is 5.58 Å². The molecule has 0 atom stereocenters. The number of halogens is 1. The van der Waals surface area contributed by atoms with Crippen LogP contribution in [0.15, 0.2) is 50.5 Å². The van der Waals surface area contributed by atoms with E-state index in [0.717, 1.165) is 0 Å². The standard InChI is InChI=1S/C16H15ClN2O5S/c1-19-12-7-11(17)15(8-14(12)24-16(19)20)25(21,22)18-9-10-5-3-4-6-13(10)23-2/h3-8,18H,9H2,1-2H3. The zero-order chi connectivity index (χ0) is 18.2. The number of sulfonamides is 1. The minimum Gasteiger partial charge on any atom is -0.496 e. The van der Waals surface area contributed by atoms with Gasteiger partial charge in [0.2, 0.25) is 10.0 Å². The summed E-state index contributed by atoms with van der Waals surface area (Å²) in [7, 11) is -0.896. The van der Waals surface area contributed by atoms with Gasteiger partial charge in [-0.15, -0.1) is 0 Å². The second-order valence-electron chi connectivity index (χ2n) is 5.31. The molecule has 1 heterocycles. The van der Waals surface area contributed by atoms with Gasteiger partial charge in [0.25, 0.3) is 0 Å². The number of benzene rings is 2. The molecule has 132 valence electrons. The summed E-state index contributed by atoms with van der Waals surface area (Å²) in [4.78, 5) is 11.4. The number of nitrogens with one attached hydrogen (secondary N) is 1. The maximum atomic E-state index is 12.6. The lowest BCUT2D eigenvalue weighted by Crippen LogP contribution is -2.23. The molecule has 1 N–H and O–H groups in total. The van der Waals surface area contributed by atoms with Crippen molar-refractivity contribution >= 4 is 32.7 Å². The molecule has 0 saturated heterocycles. The van der Waals surface area contributed by atoms with Crippen LogP contribution < -0.4 is 15.2 Å². The number of fused-ring (bicyclic) bond motifs is 1. The number of para-hydroxylation sites is 1. The summed E-state index contributed by atoms with van der Waals surface area (Å²) < 4.78 is 39.1. The van der Waals surface area contributed by atoms with Gasteiger partial charge in [-0.3, -0.25) is 4.57 Å². The van der Waals surface area contributed by atoms with Crippen LogP contribution in [0.4, 0.5) is 0 Å². The summed E-state index contributed by atoms with van der Waals surface area (Å²) in [6.45, 7) is 0.0272. The van der Waals surface area contributed by atoms with E-state index in [4.69, 9.17) is 20.8 Å². The second-order valence-corrected chi connectivity index (χ2v) is 7.46. The highest BCUT2D eigenvalue weighted by Gasteiger charge is 2.21. The summed E-state index contributed by atoms with van der Waals surface area (Å²) in [5.74, 6) is -0.0246. The van der Waals surface area contributed by atoms with Crippen molar-refractivity contribution in [3.8, 4) is 5.75 Å². The molecular weight excluding hydrogens is 368 g/mol. The fourth-order valence-corrected chi connectivity index (χ4v) is 3.98. The van der Waals surface area contributed by atoms with Crippen LogP contribution in [0.25, 0.3) is 11.1 Å². The number of aromatic nitrogens is 1. The van der Waals surface area contributed by atoms with Gasteiger partial charge in [0.05, 0.1) is 17.6 Å². The Balaban J connectivity index is 1.96. The summed E-state index contributed by atoms with van der Waals surface area (Å²) in [6.07, 6.45) is 0. The van der Waals surface area contributed by atoms with Crippen LogP contribution in [-0.2, 0) is 23.6 Å². The minimum absolute atomic E-state index is 0.00331. The number of nitrogens with zero attached hydrogens (tertiary/aromatic N) is 1. The van der Waals surface area contributed by atoms with Crippen molar-refractivity contribution in [3.63, 3.8) is 0 Å². The van der Waals surface area contributed by atoms with Crippen molar-refractivity contribution in [2.45, 2.75) is 11.4 Å². The zero-order valence-corrected chi connectivity index (χ0v) is 15.0. The Morgan fingerprint density at radius 2 is 2.00 bits per heavy atom. The summed E-state index contributed by atoms with van der Waals surface area (Å²) >= 11 is 6.11. The first-order valence-electron chi connectivity index (χ1n) is 7.24. The van der Waals surface area contributed by atoms with Crippen molar-refractivity contribution in [1.82, 2.24) is 9.29 Å². The van der Waals surface area contributed by atoms with Crippen molar-refractivity contribution in [1.29, 1.82) is 0 Å². The van der Waals surface area contributed by atoms with Gasteiger partial charge in [-0.2, -0.15) is 0 Å². The minimum atomic E-state index is -3.92. The van der Waals surface area contributed by atoms with E-state index in [0.29, 0.717) is 16.8 Å². The van der Waals surface area contributed by atoms with Crippen LogP contribution in [0, 0.1) is 0 Å². The first kappa shape index (κ1) is 17.5. The van der Waals surface area contributed by atoms with Crippen molar-refractivity contribution in [2.75, 3.05) is 7.11 Å². The number of hydrogen-bond donors (Lipinski definition) is 1. The van der Waals surface area contributed by atoms with Crippen LogP contribution in [0.1, 0.15) is 5.56 Å². The number of rotatable bonds is 5. The number of methoxy groups -OCH3 is 1.